The van der Waals surface area contributed by atoms with Crippen molar-refractivity contribution in [2.75, 3.05) is 7.11 Å². The Kier molecular flexibility index (Phi) is 2.43. The molecule has 0 aliphatic heterocycles. The molecule has 1 unspecified atom stereocenters. The maximum atomic E-state index is 13.5. The summed E-state index contributed by atoms with van der Waals surface area (Å²) in [6.07, 6.45) is 0.816. The molecule has 1 aliphatic carbocycles. The summed E-state index contributed by atoms with van der Waals surface area (Å²) >= 11 is 0. The SMILES string of the molecule is COc1cccc(C(C)F)c1C1(N)CC1. The molecule has 1 saturated carbocycles. The number of hydrogen-bond acceptors (Lipinski definition) is 2. The van der Waals surface area contributed by atoms with Gasteiger partial charge in [-0.25, -0.2) is 4.39 Å². The second kappa shape index (κ2) is 3.49. The van der Waals surface area contributed by atoms with E-state index in [1.54, 1.807) is 19.2 Å². The van der Waals surface area contributed by atoms with Gasteiger partial charge in [0.25, 0.3) is 0 Å². The maximum Gasteiger partial charge on any atom is 0.124 e. The van der Waals surface area contributed by atoms with Crippen molar-refractivity contribution in [3.8, 4) is 5.75 Å². The molecule has 0 saturated heterocycles. The average molecular weight is 209 g/mol. The fraction of sp³-hybridized carbons (Fsp3) is 0.500. The zero-order chi connectivity index (χ0) is 11.1. The Balaban J connectivity index is 2.55. The van der Waals surface area contributed by atoms with Crippen LogP contribution in [0.25, 0.3) is 0 Å². The molecule has 1 aromatic rings. The van der Waals surface area contributed by atoms with Gasteiger partial charge in [0.15, 0.2) is 0 Å². The molecule has 0 radical (unpaired) electrons. The molecule has 2 nitrogen and oxygen atoms in total. The topological polar surface area (TPSA) is 35.2 Å². The lowest BCUT2D eigenvalue weighted by molar-refractivity contribution is 0.360. The number of halogens is 1. The number of hydrogen-bond donors (Lipinski definition) is 1. The van der Waals surface area contributed by atoms with Crippen LogP contribution in [0.4, 0.5) is 4.39 Å². The van der Waals surface area contributed by atoms with Gasteiger partial charge in [-0.2, -0.15) is 0 Å². The molecule has 1 atom stereocenters. The van der Waals surface area contributed by atoms with Gasteiger partial charge < -0.3 is 10.5 Å². The highest BCUT2D eigenvalue weighted by Gasteiger charge is 2.44. The predicted molar refractivity (Wildman–Crippen MR) is 57.6 cm³/mol. The van der Waals surface area contributed by atoms with Crippen LogP contribution in [-0.4, -0.2) is 7.11 Å². The predicted octanol–water partition coefficient (Wildman–Crippen LogP) is 2.67. The Morgan fingerprint density at radius 2 is 2.13 bits per heavy atom. The van der Waals surface area contributed by atoms with E-state index < -0.39 is 6.17 Å². The molecule has 0 heterocycles. The van der Waals surface area contributed by atoms with Crippen molar-refractivity contribution in [1.82, 2.24) is 0 Å². The smallest absolute Gasteiger partial charge is 0.124 e. The standard InChI is InChI=1S/C12H16FNO/c1-8(13)9-4-3-5-10(15-2)11(9)12(14)6-7-12/h3-5,8H,6-7,14H2,1-2H3. The molecule has 1 aromatic carbocycles. The zero-order valence-electron chi connectivity index (χ0n) is 9.09. The van der Waals surface area contributed by atoms with Gasteiger partial charge in [-0.05, 0) is 31.4 Å². The Bertz CT molecular complexity index is 372. The monoisotopic (exact) mass is 209 g/mol. The summed E-state index contributed by atoms with van der Waals surface area (Å²) in [4.78, 5) is 0. The van der Waals surface area contributed by atoms with Crippen molar-refractivity contribution < 1.29 is 9.13 Å². The van der Waals surface area contributed by atoms with E-state index >= 15 is 0 Å². The van der Waals surface area contributed by atoms with Gasteiger partial charge in [-0.15, -0.1) is 0 Å². The van der Waals surface area contributed by atoms with Crippen molar-refractivity contribution >= 4 is 0 Å². The minimum Gasteiger partial charge on any atom is -0.496 e. The Hall–Kier alpha value is -1.09. The molecule has 1 aliphatic rings. The van der Waals surface area contributed by atoms with Crippen LogP contribution in [0.3, 0.4) is 0 Å². The highest BCUT2D eigenvalue weighted by Crippen LogP contribution is 2.49. The van der Waals surface area contributed by atoms with E-state index in [2.05, 4.69) is 0 Å². The zero-order valence-corrected chi connectivity index (χ0v) is 9.09. The Morgan fingerprint density at radius 1 is 1.47 bits per heavy atom. The van der Waals surface area contributed by atoms with Crippen LogP contribution in [0.2, 0.25) is 0 Å². The average Bonchev–Trinajstić information content (AvgIpc) is 2.96. The summed E-state index contributed by atoms with van der Waals surface area (Å²) < 4.78 is 18.7. The minimum atomic E-state index is -1.00. The molecule has 0 amide bonds. The van der Waals surface area contributed by atoms with Crippen molar-refractivity contribution in [2.24, 2.45) is 5.73 Å². The molecule has 3 heteroatoms. The van der Waals surface area contributed by atoms with Crippen LogP contribution in [0.1, 0.15) is 37.1 Å². The first-order valence-electron chi connectivity index (χ1n) is 5.19. The molecular weight excluding hydrogens is 193 g/mol. The Morgan fingerprint density at radius 3 is 2.60 bits per heavy atom. The number of rotatable bonds is 3. The van der Waals surface area contributed by atoms with Gasteiger partial charge in [0, 0.05) is 11.1 Å². The van der Waals surface area contributed by atoms with E-state index in [9.17, 15) is 4.39 Å². The second-order valence-corrected chi connectivity index (χ2v) is 4.20. The van der Waals surface area contributed by atoms with Gasteiger partial charge in [-0.1, -0.05) is 12.1 Å². The third-order valence-electron chi connectivity index (χ3n) is 2.99. The van der Waals surface area contributed by atoms with Crippen LogP contribution in [0, 0.1) is 0 Å². The first kappa shape index (κ1) is 10.4. The molecule has 2 rings (SSSR count). The molecule has 0 spiro atoms. The van der Waals surface area contributed by atoms with Gasteiger partial charge in [-0.3, -0.25) is 0 Å². The van der Waals surface area contributed by atoms with Gasteiger partial charge in [0.05, 0.1) is 7.11 Å². The maximum absolute atomic E-state index is 13.5. The first-order chi connectivity index (χ1) is 7.08. The lowest BCUT2D eigenvalue weighted by Gasteiger charge is -2.19. The third-order valence-corrected chi connectivity index (χ3v) is 2.99. The van der Waals surface area contributed by atoms with Crippen LogP contribution >= 0.6 is 0 Å². The molecule has 0 aromatic heterocycles. The van der Waals surface area contributed by atoms with Gasteiger partial charge in [0.1, 0.15) is 11.9 Å². The molecule has 0 bridgehead atoms. The lowest BCUT2D eigenvalue weighted by atomic mass is 9.95. The molecule has 2 N–H and O–H groups in total. The van der Waals surface area contributed by atoms with Gasteiger partial charge in [0.2, 0.25) is 0 Å². The lowest BCUT2D eigenvalue weighted by Crippen LogP contribution is -2.22. The quantitative estimate of drug-likeness (QED) is 0.830. The van der Waals surface area contributed by atoms with Crippen LogP contribution in [0.15, 0.2) is 18.2 Å². The van der Waals surface area contributed by atoms with Crippen LogP contribution in [-0.2, 0) is 5.54 Å². The van der Waals surface area contributed by atoms with E-state index in [0.29, 0.717) is 11.3 Å². The van der Waals surface area contributed by atoms with Crippen LogP contribution in [0.5, 0.6) is 5.75 Å². The van der Waals surface area contributed by atoms with Crippen molar-refractivity contribution in [3.63, 3.8) is 0 Å². The van der Waals surface area contributed by atoms with Gasteiger partial charge >= 0.3 is 0 Å². The summed E-state index contributed by atoms with van der Waals surface area (Å²) in [5, 5.41) is 0. The highest BCUT2D eigenvalue weighted by atomic mass is 19.1. The van der Waals surface area contributed by atoms with E-state index in [1.165, 1.54) is 6.92 Å². The van der Waals surface area contributed by atoms with E-state index in [4.69, 9.17) is 10.5 Å². The summed E-state index contributed by atoms with van der Waals surface area (Å²) in [7, 11) is 1.59. The highest BCUT2D eigenvalue weighted by molar-refractivity contribution is 5.48. The number of nitrogens with two attached hydrogens (primary N) is 1. The molecule has 1 fully saturated rings. The molecular formula is C12H16FNO. The summed E-state index contributed by atoms with van der Waals surface area (Å²) in [6.45, 7) is 1.53. The van der Waals surface area contributed by atoms with E-state index in [-0.39, 0.29) is 5.54 Å². The molecule has 82 valence electrons. The fourth-order valence-corrected chi connectivity index (χ4v) is 1.97. The number of ether oxygens (including phenoxy) is 1. The summed E-state index contributed by atoms with van der Waals surface area (Å²) in [6, 6.07) is 5.43. The number of alkyl halides is 1. The normalized spacial score (nSPS) is 19.7. The number of benzene rings is 1. The third kappa shape index (κ3) is 1.72. The van der Waals surface area contributed by atoms with Crippen molar-refractivity contribution in [2.45, 2.75) is 31.5 Å². The first-order valence-corrected chi connectivity index (χ1v) is 5.19. The Labute approximate surface area is 89.2 Å². The van der Waals surface area contributed by atoms with Crippen LogP contribution < -0.4 is 10.5 Å². The van der Waals surface area contributed by atoms with E-state index in [1.807, 2.05) is 6.07 Å². The van der Waals surface area contributed by atoms with E-state index in [0.717, 1.165) is 18.4 Å². The minimum absolute atomic E-state index is 0.359. The largest absolute Gasteiger partial charge is 0.496 e. The second-order valence-electron chi connectivity index (χ2n) is 4.20. The summed E-state index contributed by atoms with van der Waals surface area (Å²) in [5.41, 5.74) is 7.29. The molecule has 15 heavy (non-hydrogen) atoms. The van der Waals surface area contributed by atoms with Crippen molar-refractivity contribution in [3.05, 3.63) is 29.3 Å². The summed E-state index contributed by atoms with van der Waals surface area (Å²) in [5.74, 6) is 0.706. The van der Waals surface area contributed by atoms with Crippen molar-refractivity contribution in [1.29, 1.82) is 0 Å². The fourth-order valence-electron chi connectivity index (χ4n) is 1.97. The number of methoxy groups -OCH3 is 1.